The molecule has 1 fully saturated rings. The predicted molar refractivity (Wildman–Crippen MR) is 58.9 cm³/mol. The number of carboxylic acid groups (broad SMARTS) is 1. The summed E-state index contributed by atoms with van der Waals surface area (Å²) in [5.41, 5.74) is 0. The van der Waals surface area contributed by atoms with Gasteiger partial charge in [0, 0.05) is 20.8 Å². The van der Waals surface area contributed by atoms with Crippen molar-refractivity contribution in [3.8, 4) is 0 Å². The summed E-state index contributed by atoms with van der Waals surface area (Å²) in [6, 6.07) is -0.829. The van der Waals surface area contributed by atoms with Crippen LogP contribution >= 0.6 is 7.60 Å². The number of rotatable bonds is 5. The third-order valence-corrected chi connectivity index (χ3v) is 4.51. The first-order valence-electron chi connectivity index (χ1n) is 5.16. The number of aliphatic carboxylic acids is 1. The molecule has 8 heteroatoms. The Morgan fingerprint density at radius 3 is 2.47 bits per heavy atom. The van der Waals surface area contributed by atoms with Gasteiger partial charge in [-0.2, -0.15) is 0 Å². The minimum absolute atomic E-state index is 0.364. The summed E-state index contributed by atoms with van der Waals surface area (Å²) in [6.45, 7) is 0.364. The lowest BCUT2D eigenvalue weighted by Crippen LogP contribution is -2.41. The molecule has 0 saturated carbocycles. The highest BCUT2D eigenvalue weighted by atomic mass is 31.2. The highest BCUT2D eigenvalue weighted by Gasteiger charge is 2.37. The Balaban J connectivity index is 2.70. The first-order chi connectivity index (χ1) is 7.93. The van der Waals surface area contributed by atoms with Crippen LogP contribution in [0.5, 0.6) is 0 Å². The minimum atomic E-state index is -3.43. The van der Waals surface area contributed by atoms with Gasteiger partial charge in [-0.1, -0.05) is 0 Å². The van der Waals surface area contributed by atoms with E-state index in [1.54, 1.807) is 0 Å². The molecule has 1 rings (SSSR count). The number of amides is 1. The second-order valence-corrected chi connectivity index (χ2v) is 5.99. The minimum Gasteiger partial charge on any atom is -0.480 e. The molecular weight excluding hydrogens is 249 g/mol. The lowest BCUT2D eigenvalue weighted by molar-refractivity contribution is -0.147. The van der Waals surface area contributed by atoms with E-state index in [0.29, 0.717) is 19.4 Å². The van der Waals surface area contributed by atoms with Crippen LogP contribution in [0.3, 0.4) is 0 Å². The van der Waals surface area contributed by atoms with Crippen LogP contribution in [0, 0.1) is 0 Å². The van der Waals surface area contributed by atoms with E-state index in [9.17, 15) is 14.2 Å². The van der Waals surface area contributed by atoms with Gasteiger partial charge in [0.15, 0.2) is 0 Å². The summed E-state index contributed by atoms with van der Waals surface area (Å²) >= 11 is 0. The zero-order valence-corrected chi connectivity index (χ0v) is 10.7. The molecule has 1 amide bonds. The maximum absolute atomic E-state index is 11.8. The van der Waals surface area contributed by atoms with Gasteiger partial charge in [-0.3, -0.25) is 9.36 Å². The highest BCUT2D eigenvalue weighted by Crippen LogP contribution is 2.46. The van der Waals surface area contributed by atoms with Gasteiger partial charge in [0.2, 0.25) is 5.91 Å². The van der Waals surface area contributed by atoms with Crippen molar-refractivity contribution in [2.45, 2.75) is 18.9 Å². The molecule has 17 heavy (non-hydrogen) atoms. The van der Waals surface area contributed by atoms with E-state index in [1.807, 2.05) is 0 Å². The standard InChI is InChI=1S/C9H16NO6P/c1-15-17(14,16-2)6-8(11)10-5-3-4-7(10)9(12)13/h7H,3-6H2,1-2H3,(H,12,13)/t7-/m0/s1. The average Bonchev–Trinajstić information content (AvgIpc) is 2.77. The van der Waals surface area contributed by atoms with Crippen LogP contribution in [0.2, 0.25) is 0 Å². The molecule has 0 unspecified atom stereocenters. The maximum atomic E-state index is 11.8. The molecule has 1 heterocycles. The molecule has 1 aliphatic heterocycles. The third-order valence-electron chi connectivity index (χ3n) is 2.74. The van der Waals surface area contributed by atoms with E-state index >= 15 is 0 Å². The largest absolute Gasteiger partial charge is 0.480 e. The average molecular weight is 265 g/mol. The van der Waals surface area contributed by atoms with Gasteiger partial charge in [-0.25, -0.2) is 4.79 Å². The fourth-order valence-electron chi connectivity index (χ4n) is 1.78. The van der Waals surface area contributed by atoms with Gasteiger partial charge < -0.3 is 19.1 Å². The SMILES string of the molecule is COP(=O)(CC(=O)N1CCC[C@H]1C(=O)O)OC. The lowest BCUT2D eigenvalue weighted by atomic mass is 10.2. The molecule has 0 bridgehead atoms. The van der Waals surface area contributed by atoms with Crippen LogP contribution in [0.15, 0.2) is 0 Å². The summed E-state index contributed by atoms with van der Waals surface area (Å²) in [7, 11) is -1.05. The topological polar surface area (TPSA) is 93.1 Å². The van der Waals surface area contributed by atoms with Gasteiger partial charge in [0.25, 0.3) is 0 Å². The van der Waals surface area contributed by atoms with Crippen molar-refractivity contribution >= 4 is 19.5 Å². The molecule has 1 saturated heterocycles. The Morgan fingerprint density at radius 2 is 2.00 bits per heavy atom. The van der Waals surface area contributed by atoms with Gasteiger partial charge in [-0.05, 0) is 12.8 Å². The van der Waals surface area contributed by atoms with Crippen LogP contribution in [0.1, 0.15) is 12.8 Å². The molecular formula is C9H16NO6P. The Bertz CT molecular complexity index is 349. The second kappa shape index (κ2) is 5.62. The molecule has 0 aromatic rings. The number of carbonyl (C=O) groups is 2. The smallest absolute Gasteiger partial charge is 0.339 e. The van der Waals surface area contributed by atoms with Crippen molar-refractivity contribution in [3.63, 3.8) is 0 Å². The molecule has 1 aliphatic rings. The van der Waals surface area contributed by atoms with Crippen molar-refractivity contribution in [3.05, 3.63) is 0 Å². The molecule has 98 valence electrons. The quantitative estimate of drug-likeness (QED) is 0.729. The molecule has 1 atom stereocenters. The molecule has 0 aromatic heterocycles. The van der Waals surface area contributed by atoms with E-state index < -0.39 is 31.7 Å². The van der Waals surface area contributed by atoms with Gasteiger partial charge in [0.05, 0.1) is 0 Å². The Kier molecular flexibility index (Phi) is 4.68. The number of nitrogens with zero attached hydrogens (tertiary/aromatic N) is 1. The molecule has 7 nitrogen and oxygen atoms in total. The summed E-state index contributed by atoms with van der Waals surface area (Å²) in [5.74, 6) is -1.55. The summed E-state index contributed by atoms with van der Waals surface area (Å²) in [6.07, 6.45) is 0.627. The van der Waals surface area contributed by atoms with Crippen molar-refractivity contribution in [1.82, 2.24) is 4.90 Å². The van der Waals surface area contributed by atoms with Crippen molar-refractivity contribution in [2.24, 2.45) is 0 Å². The van der Waals surface area contributed by atoms with Crippen LogP contribution in [-0.2, 0) is 23.2 Å². The fraction of sp³-hybridized carbons (Fsp3) is 0.778. The number of carboxylic acids is 1. The van der Waals surface area contributed by atoms with E-state index in [1.165, 1.54) is 19.1 Å². The first-order valence-corrected chi connectivity index (χ1v) is 6.89. The number of likely N-dealkylation sites (tertiary alicyclic amines) is 1. The predicted octanol–water partition coefficient (Wildman–Crippen LogP) is 0.548. The van der Waals surface area contributed by atoms with Crippen LogP contribution < -0.4 is 0 Å². The van der Waals surface area contributed by atoms with E-state index in [0.717, 1.165) is 0 Å². The van der Waals surface area contributed by atoms with Crippen molar-refractivity contribution in [1.29, 1.82) is 0 Å². The Hall–Kier alpha value is -0.910. The second-order valence-electron chi connectivity index (χ2n) is 3.72. The van der Waals surface area contributed by atoms with Crippen LogP contribution in [0.4, 0.5) is 0 Å². The molecule has 1 N–H and O–H groups in total. The first kappa shape index (κ1) is 14.2. The molecule has 0 aromatic carbocycles. The normalized spacial score (nSPS) is 20.6. The third kappa shape index (κ3) is 3.28. The van der Waals surface area contributed by atoms with Crippen molar-refractivity contribution in [2.75, 3.05) is 26.9 Å². The summed E-state index contributed by atoms with van der Waals surface area (Å²) in [4.78, 5) is 23.9. The van der Waals surface area contributed by atoms with Gasteiger partial charge >= 0.3 is 13.6 Å². The van der Waals surface area contributed by atoms with Crippen LogP contribution in [0.25, 0.3) is 0 Å². The number of hydrogen-bond acceptors (Lipinski definition) is 5. The molecule has 0 aliphatic carbocycles. The van der Waals surface area contributed by atoms with E-state index in [-0.39, 0.29) is 0 Å². The maximum Gasteiger partial charge on any atom is 0.339 e. The van der Waals surface area contributed by atoms with Crippen LogP contribution in [-0.4, -0.2) is 54.9 Å². The molecule has 0 radical (unpaired) electrons. The van der Waals surface area contributed by atoms with E-state index in [4.69, 9.17) is 5.11 Å². The lowest BCUT2D eigenvalue weighted by Gasteiger charge is -2.23. The summed E-state index contributed by atoms with van der Waals surface area (Å²) in [5, 5.41) is 8.92. The monoisotopic (exact) mass is 265 g/mol. The fourth-order valence-corrected chi connectivity index (χ4v) is 2.70. The zero-order valence-electron chi connectivity index (χ0n) is 9.79. The number of hydrogen-bond donors (Lipinski definition) is 1. The molecule has 0 spiro atoms. The van der Waals surface area contributed by atoms with Crippen molar-refractivity contribution < 1.29 is 28.3 Å². The Labute approximate surface area is 99.2 Å². The zero-order chi connectivity index (χ0) is 13.1. The Morgan fingerprint density at radius 1 is 1.41 bits per heavy atom. The summed E-state index contributed by atoms with van der Waals surface area (Å²) < 4.78 is 21.1. The highest BCUT2D eigenvalue weighted by molar-refractivity contribution is 7.54. The number of carbonyl (C=O) groups excluding carboxylic acids is 1. The van der Waals surface area contributed by atoms with E-state index in [2.05, 4.69) is 9.05 Å². The van der Waals surface area contributed by atoms with Gasteiger partial charge in [-0.15, -0.1) is 0 Å². The van der Waals surface area contributed by atoms with Gasteiger partial charge in [0.1, 0.15) is 12.2 Å².